The van der Waals surface area contributed by atoms with Gasteiger partial charge in [0, 0.05) is 0 Å². The number of aliphatic hydroxyl groups excluding tert-OH is 1. The third-order valence-electron chi connectivity index (χ3n) is 10.0. The highest BCUT2D eigenvalue weighted by Gasteiger charge is 2.58. The fourth-order valence-corrected chi connectivity index (χ4v) is 8.45. The van der Waals surface area contributed by atoms with Gasteiger partial charge in [0.2, 0.25) is 0 Å². The van der Waals surface area contributed by atoms with E-state index in [9.17, 15) is 5.11 Å². The largest absolute Gasteiger partial charge is 0.393 e. The van der Waals surface area contributed by atoms with Crippen LogP contribution in [-0.2, 0) is 0 Å². The topological polar surface area (TPSA) is 20.2 Å². The molecule has 1 nitrogen and oxygen atoms in total. The van der Waals surface area contributed by atoms with E-state index in [0.717, 1.165) is 42.4 Å². The molecule has 0 spiro atoms. The van der Waals surface area contributed by atoms with E-state index < -0.39 is 0 Å². The molecule has 0 aliphatic heterocycles. The van der Waals surface area contributed by atoms with Gasteiger partial charge < -0.3 is 5.11 Å². The molecule has 0 heterocycles. The maximum Gasteiger partial charge on any atom is 0.0577 e. The van der Waals surface area contributed by atoms with E-state index in [1.807, 2.05) is 0 Å². The van der Waals surface area contributed by atoms with Crippen LogP contribution in [-0.4, -0.2) is 11.2 Å². The third kappa shape index (κ3) is 3.34. The fourth-order valence-electron chi connectivity index (χ4n) is 8.45. The fraction of sp³-hybridized carbons (Fsp3) is 0.852. The second kappa shape index (κ2) is 7.60. The maximum absolute atomic E-state index is 10.2. The van der Waals surface area contributed by atoms with Crippen molar-refractivity contribution in [1.29, 1.82) is 0 Å². The Bertz CT molecular complexity index is 641. The average molecular weight is 385 g/mol. The Morgan fingerprint density at radius 3 is 2.68 bits per heavy atom. The molecule has 0 amide bonds. The van der Waals surface area contributed by atoms with Crippen molar-refractivity contribution < 1.29 is 5.11 Å². The molecule has 8 atom stereocenters. The summed E-state index contributed by atoms with van der Waals surface area (Å²) < 4.78 is 0. The van der Waals surface area contributed by atoms with Crippen molar-refractivity contribution in [3.8, 4) is 0 Å². The molecule has 0 radical (unpaired) electrons. The van der Waals surface area contributed by atoms with Gasteiger partial charge in [0.15, 0.2) is 0 Å². The number of hydrogen-bond donors (Lipinski definition) is 1. The number of rotatable bonds is 4. The molecule has 0 unspecified atom stereocenters. The van der Waals surface area contributed by atoms with Gasteiger partial charge in [-0.1, -0.05) is 44.1 Å². The first-order valence-corrected chi connectivity index (χ1v) is 12.3. The van der Waals surface area contributed by atoms with Crippen LogP contribution in [0.15, 0.2) is 23.3 Å². The van der Waals surface area contributed by atoms with E-state index in [1.165, 1.54) is 56.9 Å². The lowest BCUT2D eigenvalue weighted by atomic mass is 9.47. The standard InChI is InChI=1S/C27H44O/c1-18(2)7-6-8-19(3)23-11-12-24-22-10-9-20-17-21(28)13-15-26(20,4)25(22)14-16-27(23,24)5/h7,9,19,21-25,28H,6,8,10-17H2,1-5H3/t19-,21+,22+,23+,24+,25+,26+,27-/m1/s1. The molecule has 0 aromatic heterocycles. The Hall–Kier alpha value is -0.560. The number of hydrogen-bond acceptors (Lipinski definition) is 1. The zero-order valence-corrected chi connectivity index (χ0v) is 19.1. The molecule has 1 N–H and O–H groups in total. The summed E-state index contributed by atoms with van der Waals surface area (Å²) in [5, 5.41) is 10.2. The van der Waals surface area contributed by atoms with Crippen LogP contribution in [0.3, 0.4) is 0 Å². The highest BCUT2D eigenvalue weighted by atomic mass is 16.3. The molecule has 1 heteroatoms. The van der Waals surface area contributed by atoms with Crippen molar-refractivity contribution in [3.63, 3.8) is 0 Å². The van der Waals surface area contributed by atoms with Gasteiger partial charge >= 0.3 is 0 Å². The molecule has 28 heavy (non-hydrogen) atoms. The zero-order valence-electron chi connectivity index (χ0n) is 19.1. The lowest BCUT2D eigenvalue weighted by Gasteiger charge is -2.58. The number of allylic oxidation sites excluding steroid dienone is 3. The van der Waals surface area contributed by atoms with E-state index in [4.69, 9.17) is 0 Å². The summed E-state index contributed by atoms with van der Waals surface area (Å²) >= 11 is 0. The van der Waals surface area contributed by atoms with Gasteiger partial charge in [-0.15, -0.1) is 0 Å². The van der Waals surface area contributed by atoms with Crippen LogP contribution < -0.4 is 0 Å². The van der Waals surface area contributed by atoms with Crippen molar-refractivity contribution in [3.05, 3.63) is 23.3 Å². The van der Waals surface area contributed by atoms with Crippen LogP contribution in [0.2, 0.25) is 0 Å². The van der Waals surface area contributed by atoms with E-state index in [1.54, 1.807) is 5.57 Å². The molecule has 3 saturated carbocycles. The third-order valence-corrected chi connectivity index (χ3v) is 10.0. The summed E-state index contributed by atoms with van der Waals surface area (Å²) in [5.74, 6) is 4.49. The maximum atomic E-state index is 10.2. The number of aliphatic hydroxyl groups is 1. The minimum Gasteiger partial charge on any atom is -0.393 e. The van der Waals surface area contributed by atoms with Crippen molar-refractivity contribution in [2.45, 2.75) is 105 Å². The lowest BCUT2D eigenvalue weighted by molar-refractivity contribution is -0.0571. The van der Waals surface area contributed by atoms with Crippen LogP contribution in [0.1, 0.15) is 98.8 Å². The predicted molar refractivity (Wildman–Crippen MR) is 119 cm³/mol. The summed E-state index contributed by atoms with van der Waals surface area (Å²) in [7, 11) is 0. The van der Waals surface area contributed by atoms with Crippen LogP contribution in [0, 0.1) is 40.4 Å². The van der Waals surface area contributed by atoms with Gasteiger partial charge in [-0.05, 0) is 118 Å². The van der Waals surface area contributed by atoms with Gasteiger partial charge in [0.05, 0.1) is 6.10 Å². The first-order valence-electron chi connectivity index (χ1n) is 12.3. The second-order valence-corrected chi connectivity index (χ2v) is 11.7. The van der Waals surface area contributed by atoms with Crippen LogP contribution in [0.5, 0.6) is 0 Å². The molecule has 0 aromatic carbocycles. The Morgan fingerprint density at radius 2 is 1.93 bits per heavy atom. The Kier molecular flexibility index (Phi) is 5.62. The summed E-state index contributed by atoms with van der Waals surface area (Å²) in [4.78, 5) is 0. The van der Waals surface area contributed by atoms with Crippen molar-refractivity contribution in [2.24, 2.45) is 40.4 Å². The van der Waals surface area contributed by atoms with Gasteiger partial charge in [-0.2, -0.15) is 0 Å². The lowest BCUT2D eigenvalue weighted by Crippen LogP contribution is -2.50. The van der Waals surface area contributed by atoms with E-state index in [2.05, 4.69) is 46.8 Å². The van der Waals surface area contributed by atoms with Crippen molar-refractivity contribution in [1.82, 2.24) is 0 Å². The van der Waals surface area contributed by atoms with Crippen molar-refractivity contribution >= 4 is 0 Å². The molecule has 4 rings (SSSR count). The first-order chi connectivity index (χ1) is 13.3. The average Bonchev–Trinajstić information content (AvgIpc) is 2.99. The summed E-state index contributed by atoms with van der Waals surface area (Å²) in [6.45, 7) is 12.2. The predicted octanol–water partition coefficient (Wildman–Crippen LogP) is 7.31. The first kappa shape index (κ1) is 20.7. The molecular weight excluding hydrogens is 340 g/mol. The molecule has 3 fully saturated rings. The summed E-state index contributed by atoms with van der Waals surface area (Å²) in [6, 6.07) is 0. The van der Waals surface area contributed by atoms with E-state index in [-0.39, 0.29) is 6.10 Å². The Labute approximate surface area is 174 Å². The molecular formula is C27H44O. The SMILES string of the molecule is CC(C)=CCC[C@@H](C)[C@@H]1CC[C@H]2[C@@H]3CC=C4C[C@@H](O)CC[C@]4(C)[C@H]3CC[C@@]21C. The number of fused-ring (bicyclic) bond motifs is 5. The van der Waals surface area contributed by atoms with Gasteiger partial charge in [0.25, 0.3) is 0 Å². The molecule has 4 aliphatic rings. The van der Waals surface area contributed by atoms with Crippen LogP contribution in [0.25, 0.3) is 0 Å². The van der Waals surface area contributed by atoms with E-state index >= 15 is 0 Å². The summed E-state index contributed by atoms with van der Waals surface area (Å²) in [6.07, 6.45) is 17.9. The normalized spacial score (nSPS) is 46.1. The quantitative estimate of drug-likeness (QED) is 0.504. The minimum absolute atomic E-state index is 0.0813. The Morgan fingerprint density at radius 1 is 1.14 bits per heavy atom. The van der Waals surface area contributed by atoms with Gasteiger partial charge in [-0.25, -0.2) is 0 Å². The van der Waals surface area contributed by atoms with Crippen LogP contribution in [0.4, 0.5) is 0 Å². The summed E-state index contributed by atoms with van der Waals surface area (Å²) in [5.41, 5.74) is 4.04. The highest BCUT2D eigenvalue weighted by molar-refractivity contribution is 5.25. The Balaban J connectivity index is 1.51. The monoisotopic (exact) mass is 384 g/mol. The van der Waals surface area contributed by atoms with Gasteiger partial charge in [0.1, 0.15) is 0 Å². The smallest absolute Gasteiger partial charge is 0.0577 e. The molecule has 158 valence electrons. The van der Waals surface area contributed by atoms with Gasteiger partial charge in [-0.3, -0.25) is 0 Å². The molecule has 4 aliphatic carbocycles. The van der Waals surface area contributed by atoms with E-state index in [0.29, 0.717) is 10.8 Å². The molecule has 0 saturated heterocycles. The van der Waals surface area contributed by atoms with Crippen molar-refractivity contribution in [2.75, 3.05) is 0 Å². The van der Waals surface area contributed by atoms with Crippen LogP contribution >= 0.6 is 0 Å². The molecule has 0 aromatic rings. The minimum atomic E-state index is -0.0813. The molecule has 0 bridgehead atoms. The zero-order chi connectivity index (χ0) is 20.1. The highest BCUT2D eigenvalue weighted by Crippen LogP contribution is 2.67. The second-order valence-electron chi connectivity index (χ2n) is 11.7.